The fraction of sp³-hybridized carbons (Fsp3) is 0.435. The molecule has 1 saturated heterocycles. The van der Waals surface area contributed by atoms with Crippen LogP contribution in [0.5, 0.6) is 0 Å². The van der Waals surface area contributed by atoms with E-state index in [-0.39, 0.29) is 0 Å². The van der Waals surface area contributed by atoms with Gasteiger partial charge in [0.05, 0.1) is 17.9 Å². The van der Waals surface area contributed by atoms with Crippen LogP contribution in [-0.4, -0.2) is 54.4 Å². The Morgan fingerprint density at radius 1 is 0.963 bits per heavy atom. The predicted octanol–water partition coefficient (Wildman–Crippen LogP) is 3.83. The molecule has 0 radical (unpaired) electrons. The number of piperazine rings is 1. The van der Waals surface area contributed by atoms with Crippen molar-refractivity contribution in [2.45, 2.75) is 32.4 Å². The zero-order chi connectivity index (χ0) is 18.2. The Labute approximate surface area is 162 Å². The zero-order valence-electron chi connectivity index (χ0n) is 16.1. The van der Waals surface area contributed by atoms with E-state index in [1.807, 2.05) is 0 Å². The lowest BCUT2D eigenvalue weighted by Gasteiger charge is -2.40. The van der Waals surface area contributed by atoms with E-state index in [1.54, 1.807) is 0 Å². The van der Waals surface area contributed by atoms with Gasteiger partial charge in [0.15, 0.2) is 0 Å². The number of hydrogen-bond acceptors (Lipinski definition) is 4. The lowest BCUT2D eigenvalue weighted by atomic mass is 10.1. The van der Waals surface area contributed by atoms with Gasteiger partial charge in [-0.15, -0.1) is 0 Å². The highest BCUT2D eigenvalue weighted by atomic mass is 15.3. The molecular weight excluding hydrogens is 332 g/mol. The van der Waals surface area contributed by atoms with Gasteiger partial charge in [0.2, 0.25) is 0 Å². The fourth-order valence-corrected chi connectivity index (χ4v) is 4.33. The first kappa shape index (κ1) is 16.8. The predicted molar refractivity (Wildman–Crippen MR) is 112 cm³/mol. The van der Waals surface area contributed by atoms with E-state index >= 15 is 0 Å². The number of amidine groups is 1. The molecule has 4 heteroatoms. The first-order valence-electron chi connectivity index (χ1n) is 10.2. The van der Waals surface area contributed by atoms with Crippen molar-refractivity contribution in [1.82, 2.24) is 9.80 Å². The monoisotopic (exact) mass is 360 g/mol. The fourth-order valence-electron chi connectivity index (χ4n) is 4.33. The SMILES string of the molecule is Cc1cccc(CN2CCN(C3=Nc4ccccc4N(C4CC4)C3)CC2)c1. The molecule has 2 heterocycles. The lowest BCUT2D eigenvalue weighted by molar-refractivity contribution is 0.174. The molecule has 0 aromatic heterocycles. The first-order chi connectivity index (χ1) is 13.3. The summed E-state index contributed by atoms with van der Waals surface area (Å²) in [5.74, 6) is 1.26. The highest BCUT2D eigenvalue weighted by Crippen LogP contribution is 2.39. The zero-order valence-corrected chi connectivity index (χ0v) is 16.1. The molecule has 3 aliphatic rings. The third-order valence-electron chi connectivity index (χ3n) is 5.97. The summed E-state index contributed by atoms with van der Waals surface area (Å²) in [5.41, 5.74) is 5.24. The summed E-state index contributed by atoms with van der Waals surface area (Å²) in [6.45, 7) is 8.57. The van der Waals surface area contributed by atoms with Crippen LogP contribution in [0.25, 0.3) is 0 Å². The van der Waals surface area contributed by atoms with Crippen molar-refractivity contribution in [2.75, 3.05) is 37.6 Å². The topological polar surface area (TPSA) is 22.1 Å². The maximum absolute atomic E-state index is 5.03. The number of hydrogen-bond donors (Lipinski definition) is 0. The minimum atomic E-state index is 0.722. The minimum Gasteiger partial charge on any atom is -0.359 e. The third-order valence-corrected chi connectivity index (χ3v) is 5.97. The second-order valence-corrected chi connectivity index (χ2v) is 8.13. The number of nitrogens with zero attached hydrogens (tertiary/aromatic N) is 4. The van der Waals surface area contributed by atoms with E-state index in [0.717, 1.165) is 51.0 Å². The Hall–Kier alpha value is -2.33. The molecule has 2 aromatic carbocycles. The van der Waals surface area contributed by atoms with Crippen LogP contribution in [0.1, 0.15) is 24.0 Å². The summed E-state index contributed by atoms with van der Waals surface area (Å²) in [6, 6.07) is 18.3. The van der Waals surface area contributed by atoms with Crippen LogP contribution in [0.3, 0.4) is 0 Å². The normalized spacial score (nSPS) is 20.4. The number of anilines is 1. The molecule has 0 bridgehead atoms. The number of aliphatic imine (C=N–C) groups is 1. The second-order valence-electron chi connectivity index (χ2n) is 8.13. The van der Waals surface area contributed by atoms with Crippen molar-refractivity contribution < 1.29 is 0 Å². The average molecular weight is 361 g/mol. The highest BCUT2D eigenvalue weighted by molar-refractivity contribution is 5.94. The van der Waals surface area contributed by atoms with Crippen LogP contribution in [0, 0.1) is 6.92 Å². The van der Waals surface area contributed by atoms with E-state index in [4.69, 9.17) is 4.99 Å². The Bertz CT molecular complexity index is 847. The van der Waals surface area contributed by atoms with Gasteiger partial charge in [-0.05, 0) is 37.5 Å². The second kappa shape index (κ2) is 7.01. The Morgan fingerprint density at radius 3 is 2.56 bits per heavy atom. The van der Waals surface area contributed by atoms with Crippen LogP contribution >= 0.6 is 0 Å². The van der Waals surface area contributed by atoms with Gasteiger partial charge in [-0.1, -0.05) is 42.0 Å². The summed E-state index contributed by atoms with van der Waals surface area (Å²) < 4.78 is 0. The molecule has 0 N–H and O–H groups in total. The summed E-state index contributed by atoms with van der Waals surface area (Å²) in [5, 5.41) is 0. The van der Waals surface area contributed by atoms with E-state index in [2.05, 4.69) is 70.2 Å². The molecule has 0 unspecified atom stereocenters. The van der Waals surface area contributed by atoms with Crippen LogP contribution in [-0.2, 0) is 6.54 Å². The largest absolute Gasteiger partial charge is 0.359 e. The molecule has 2 aromatic rings. The van der Waals surface area contributed by atoms with Gasteiger partial charge in [0, 0.05) is 38.8 Å². The van der Waals surface area contributed by atoms with E-state index < -0.39 is 0 Å². The van der Waals surface area contributed by atoms with Crippen LogP contribution < -0.4 is 4.90 Å². The van der Waals surface area contributed by atoms with Gasteiger partial charge in [-0.25, -0.2) is 4.99 Å². The van der Waals surface area contributed by atoms with E-state index in [0.29, 0.717) is 0 Å². The quantitative estimate of drug-likeness (QED) is 0.831. The van der Waals surface area contributed by atoms with Gasteiger partial charge in [-0.3, -0.25) is 4.90 Å². The molecule has 1 aliphatic carbocycles. The molecule has 27 heavy (non-hydrogen) atoms. The summed E-state index contributed by atoms with van der Waals surface area (Å²) in [7, 11) is 0. The molecule has 0 atom stereocenters. The van der Waals surface area contributed by atoms with E-state index in [9.17, 15) is 0 Å². The standard InChI is InChI=1S/C23H28N4/c1-18-5-4-6-19(15-18)16-25-11-13-26(14-12-25)23-17-27(20-9-10-20)22-8-3-2-7-21(22)24-23/h2-8,15,20H,9-14,16-17H2,1H3. The smallest absolute Gasteiger partial charge is 0.125 e. The molecule has 4 nitrogen and oxygen atoms in total. The Balaban J connectivity index is 1.26. The molecule has 2 aliphatic heterocycles. The molecule has 0 amide bonds. The average Bonchev–Trinajstić information content (AvgIpc) is 3.53. The van der Waals surface area contributed by atoms with Crippen LogP contribution in [0.4, 0.5) is 11.4 Å². The van der Waals surface area contributed by atoms with Gasteiger partial charge in [-0.2, -0.15) is 0 Å². The van der Waals surface area contributed by atoms with Crippen molar-refractivity contribution in [2.24, 2.45) is 4.99 Å². The summed E-state index contributed by atoms with van der Waals surface area (Å²) >= 11 is 0. The Morgan fingerprint density at radius 2 is 1.78 bits per heavy atom. The highest BCUT2D eigenvalue weighted by Gasteiger charge is 2.34. The number of para-hydroxylation sites is 2. The maximum Gasteiger partial charge on any atom is 0.125 e. The van der Waals surface area contributed by atoms with Crippen molar-refractivity contribution in [1.29, 1.82) is 0 Å². The summed E-state index contributed by atoms with van der Waals surface area (Å²) in [6.07, 6.45) is 2.65. The first-order valence-corrected chi connectivity index (χ1v) is 10.2. The van der Waals surface area contributed by atoms with Gasteiger partial charge < -0.3 is 9.80 Å². The molecule has 1 saturated carbocycles. The maximum atomic E-state index is 5.03. The number of rotatable bonds is 3. The molecule has 5 rings (SSSR count). The number of aryl methyl sites for hydroxylation is 1. The van der Waals surface area contributed by atoms with Crippen molar-refractivity contribution in [3.8, 4) is 0 Å². The molecule has 0 spiro atoms. The Kier molecular flexibility index (Phi) is 4.36. The van der Waals surface area contributed by atoms with Crippen LogP contribution in [0.2, 0.25) is 0 Å². The van der Waals surface area contributed by atoms with Gasteiger partial charge in [0.25, 0.3) is 0 Å². The molecular formula is C23H28N4. The third kappa shape index (κ3) is 3.59. The van der Waals surface area contributed by atoms with Gasteiger partial charge >= 0.3 is 0 Å². The van der Waals surface area contributed by atoms with Crippen molar-refractivity contribution in [3.05, 3.63) is 59.7 Å². The van der Waals surface area contributed by atoms with Crippen molar-refractivity contribution in [3.63, 3.8) is 0 Å². The number of fused-ring (bicyclic) bond motifs is 1. The van der Waals surface area contributed by atoms with Gasteiger partial charge in [0.1, 0.15) is 5.84 Å². The molecule has 2 fully saturated rings. The summed E-state index contributed by atoms with van der Waals surface area (Å²) in [4.78, 5) is 12.7. The number of benzene rings is 2. The minimum absolute atomic E-state index is 0.722. The van der Waals surface area contributed by atoms with Crippen LogP contribution in [0.15, 0.2) is 53.5 Å². The lowest BCUT2D eigenvalue weighted by Crippen LogP contribution is -2.52. The molecule has 140 valence electrons. The van der Waals surface area contributed by atoms with E-state index in [1.165, 1.54) is 35.5 Å². The van der Waals surface area contributed by atoms with Crippen molar-refractivity contribution >= 4 is 17.2 Å².